The van der Waals surface area contributed by atoms with Gasteiger partial charge in [-0.2, -0.15) is 0 Å². The number of rotatable bonds is 5. The van der Waals surface area contributed by atoms with Gasteiger partial charge < -0.3 is 5.73 Å². The second kappa shape index (κ2) is 5.09. The summed E-state index contributed by atoms with van der Waals surface area (Å²) in [6.07, 6.45) is 3.19. The first-order valence-electron chi connectivity index (χ1n) is 6.37. The largest absolute Gasteiger partial charge is 0.396 e. The molecule has 2 rings (SSSR count). The smallest absolute Gasteiger partial charge is 0.240 e. The average molecular weight is 286 g/mol. The maximum atomic E-state index is 13.4. The molecule has 1 aliphatic rings. The molecular formula is C13H19FN2O2S. The molecule has 1 atom stereocenters. The van der Waals surface area contributed by atoms with Crippen molar-refractivity contribution in [1.29, 1.82) is 0 Å². The number of hydrogen-bond donors (Lipinski definition) is 2. The number of nitrogens with two attached hydrogens (primary N) is 1. The molecule has 0 bridgehead atoms. The molecule has 0 radical (unpaired) electrons. The molecule has 1 aliphatic carbocycles. The summed E-state index contributed by atoms with van der Waals surface area (Å²) in [6.45, 7) is 3.34. The van der Waals surface area contributed by atoms with Crippen LogP contribution in [0.25, 0.3) is 0 Å². The van der Waals surface area contributed by atoms with Crippen LogP contribution in [0.2, 0.25) is 0 Å². The van der Waals surface area contributed by atoms with Crippen molar-refractivity contribution >= 4 is 15.7 Å². The quantitative estimate of drug-likeness (QED) is 0.815. The monoisotopic (exact) mass is 286 g/mol. The number of sulfonamides is 1. The predicted molar refractivity (Wildman–Crippen MR) is 72.7 cm³/mol. The molecule has 19 heavy (non-hydrogen) atoms. The van der Waals surface area contributed by atoms with Gasteiger partial charge in [0.15, 0.2) is 0 Å². The third-order valence-corrected chi connectivity index (χ3v) is 4.88. The molecule has 1 saturated carbocycles. The van der Waals surface area contributed by atoms with Crippen LogP contribution in [0.3, 0.4) is 0 Å². The Labute approximate surface area is 113 Å². The zero-order valence-electron chi connectivity index (χ0n) is 11.1. The van der Waals surface area contributed by atoms with Crippen molar-refractivity contribution in [2.45, 2.75) is 44.0 Å². The number of halogens is 1. The Bertz CT molecular complexity index is 559. The Morgan fingerprint density at radius 2 is 2.11 bits per heavy atom. The van der Waals surface area contributed by atoms with Gasteiger partial charge in [-0.3, -0.25) is 0 Å². The lowest BCUT2D eigenvalue weighted by molar-refractivity contribution is 0.529. The molecule has 1 aromatic rings. The zero-order valence-corrected chi connectivity index (χ0v) is 11.9. The van der Waals surface area contributed by atoms with Crippen LogP contribution in [0.15, 0.2) is 17.0 Å². The van der Waals surface area contributed by atoms with Crippen LogP contribution < -0.4 is 10.5 Å². The molecule has 0 saturated heterocycles. The van der Waals surface area contributed by atoms with E-state index in [0.717, 1.165) is 12.5 Å². The van der Waals surface area contributed by atoms with E-state index in [4.69, 9.17) is 5.73 Å². The highest BCUT2D eigenvalue weighted by atomic mass is 32.2. The molecule has 0 aliphatic heterocycles. The van der Waals surface area contributed by atoms with Crippen molar-refractivity contribution in [3.05, 3.63) is 23.5 Å². The maximum Gasteiger partial charge on any atom is 0.240 e. The van der Waals surface area contributed by atoms with E-state index in [1.165, 1.54) is 25.8 Å². The van der Waals surface area contributed by atoms with E-state index >= 15 is 0 Å². The molecule has 0 aromatic heterocycles. The van der Waals surface area contributed by atoms with Gasteiger partial charge in [-0.25, -0.2) is 17.5 Å². The van der Waals surface area contributed by atoms with Gasteiger partial charge >= 0.3 is 0 Å². The van der Waals surface area contributed by atoms with Crippen LogP contribution in [0.4, 0.5) is 10.1 Å². The summed E-state index contributed by atoms with van der Waals surface area (Å²) in [4.78, 5) is 0.0200. The highest BCUT2D eigenvalue weighted by molar-refractivity contribution is 7.89. The molecular weight excluding hydrogens is 267 g/mol. The zero-order chi connectivity index (χ0) is 14.2. The van der Waals surface area contributed by atoms with Crippen LogP contribution in [-0.4, -0.2) is 14.5 Å². The van der Waals surface area contributed by atoms with E-state index in [1.807, 2.05) is 6.92 Å². The summed E-state index contributed by atoms with van der Waals surface area (Å²) in [7, 11) is -3.64. The number of aryl methyl sites for hydroxylation is 1. The Kier molecular flexibility index (Phi) is 3.82. The van der Waals surface area contributed by atoms with Gasteiger partial charge in [-0.05, 0) is 43.9 Å². The molecule has 0 spiro atoms. The fraction of sp³-hybridized carbons (Fsp3) is 0.538. The minimum absolute atomic E-state index is 0.0200. The number of benzene rings is 1. The van der Waals surface area contributed by atoms with E-state index < -0.39 is 15.8 Å². The van der Waals surface area contributed by atoms with Gasteiger partial charge in [0.05, 0.1) is 10.6 Å². The van der Waals surface area contributed by atoms with Crippen LogP contribution in [0, 0.1) is 18.7 Å². The Morgan fingerprint density at radius 1 is 1.47 bits per heavy atom. The van der Waals surface area contributed by atoms with Gasteiger partial charge in [0.1, 0.15) is 5.82 Å². The van der Waals surface area contributed by atoms with Crippen LogP contribution >= 0.6 is 0 Å². The first-order chi connectivity index (χ1) is 8.79. The SMILES string of the molecule is Cc1cc(S(=O)(=O)NC(C)CC2CC2)cc(N)c1F. The van der Waals surface area contributed by atoms with Crippen LogP contribution in [0.5, 0.6) is 0 Å². The van der Waals surface area contributed by atoms with Crippen molar-refractivity contribution in [3.8, 4) is 0 Å². The minimum atomic E-state index is -3.64. The summed E-state index contributed by atoms with van der Waals surface area (Å²) in [5.74, 6) is 0.0719. The van der Waals surface area contributed by atoms with E-state index in [1.54, 1.807) is 0 Å². The predicted octanol–water partition coefficient (Wildman–Crippen LogP) is 2.18. The van der Waals surface area contributed by atoms with Crippen molar-refractivity contribution in [1.82, 2.24) is 4.72 Å². The molecule has 0 heterocycles. The summed E-state index contributed by atoms with van der Waals surface area (Å²) >= 11 is 0. The standard InChI is InChI=1S/C13H19FN2O2S/c1-8-5-11(7-12(15)13(8)14)19(17,18)16-9(2)6-10-3-4-10/h5,7,9-10,16H,3-4,6,15H2,1-2H3. The van der Waals surface area contributed by atoms with E-state index in [-0.39, 0.29) is 22.2 Å². The Morgan fingerprint density at radius 3 is 2.63 bits per heavy atom. The first kappa shape index (κ1) is 14.3. The van der Waals surface area contributed by atoms with E-state index in [9.17, 15) is 12.8 Å². The van der Waals surface area contributed by atoms with E-state index in [2.05, 4.69) is 4.72 Å². The molecule has 1 fully saturated rings. The van der Waals surface area contributed by atoms with Gasteiger partial charge in [-0.1, -0.05) is 12.8 Å². The molecule has 4 nitrogen and oxygen atoms in total. The van der Waals surface area contributed by atoms with Gasteiger partial charge in [0.25, 0.3) is 0 Å². The van der Waals surface area contributed by atoms with Crippen molar-refractivity contribution in [2.75, 3.05) is 5.73 Å². The average Bonchev–Trinajstić information content (AvgIpc) is 3.08. The highest BCUT2D eigenvalue weighted by Gasteiger charge is 2.26. The molecule has 0 amide bonds. The lowest BCUT2D eigenvalue weighted by Gasteiger charge is -2.14. The Hall–Kier alpha value is -1.14. The topological polar surface area (TPSA) is 72.2 Å². The highest BCUT2D eigenvalue weighted by Crippen LogP contribution is 2.33. The second-order valence-corrected chi connectivity index (χ2v) is 7.06. The first-order valence-corrected chi connectivity index (χ1v) is 7.86. The lowest BCUT2D eigenvalue weighted by atomic mass is 10.2. The maximum absolute atomic E-state index is 13.4. The molecule has 3 N–H and O–H groups in total. The van der Waals surface area contributed by atoms with Gasteiger partial charge in [-0.15, -0.1) is 0 Å². The summed E-state index contributed by atoms with van der Waals surface area (Å²) in [5, 5.41) is 0. The Balaban J connectivity index is 2.18. The summed E-state index contributed by atoms with van der Waals surface area (Å²) in [5.41, 5.74) is 5.56. The van der Waals surface area contributed by atoms with Crippen LogP contribution in [-0.2, 0) is 10.0 Å². The summed E-state index contributed by atoms with van der Waals surface area (Å²) in [6, 6.07) is 2.34. The number of hydrogen-bond acceptors (Lipinski definition) is 3. The minimum Gasteiger partial charge on any atom is -0.396 e. The van der Waals surface area contributed by atoms with Crippen molar-refractivity contribution < 1.29 is 12.8 Å². The number of nitrogen functional groups attached to an aromatic ring is 1. The second-order valence-electron chi connectivity index (χ2n) is 5.34. The van der Waals surface area contributed by atoms with Crippen molar-refractivity contribution in [3.63, 3.8) is 0 Å². The van der Waals surface area contributed by atoms with E-state index in [0.29, 0.717) is 5.92 Å². The van der Waals surface area contributed by atoms with Crippen LogP contribution in [0.1, 0.15) is 31.7 Å². The third kappa shape index (κ3) is 3.45. The number of anilines is 1. The third-order valence-electron chi connectivity index (χ3n) is 3.31. The van der Waals surface area contributed by atoms with Gasteiger partial charge in [0.2, 0.25) is 10.0 Å². The summed E-state index contributed by atoms with van der Waals surface area (Å²) < 4.78 is 40.4. The molecule has 1 aromatic carbocycles. The molecule has 106 valence electrons. The van der Waals surface area contributed by atoms with Crippen molar-refractivity contribution in [2.24, 2.45) is 5.92 Å². The fourth-order valence-corrected chi connectivity index (χ4v) is 3.53. The fourth-order valence-electron chi connectivity index (χ4n) is 2.15. The van der Waals surface area contributed by atoms with Gasteiger partial charge in [0, 0.05) is 6.04 Å². The lowest BCUT2D eigenvalue weighted by Crippen LogP contribution is -2.33. The molecule has 6 heteroatoms. The normalized spacial score (nSPS) is 17.4. The molecule has 1 unspecified atom stereocenters. The number of nitrogens with one attached hydrogen (secondary N) is 1.